The quantitative estimate of drug-likeness (QED) is 0.758. The van der Waals surface area contributed by atoms with Crippen molar-refractivity contribution in [2.45, 2.75) is 32.2 Å². The first-order valence-corrected chi connectivity index (χ1v) is 5.38. The fraction of sp³-hybridized carbons (Fsp3) is 0.417. The fourth-order valence-electron chi connectivity index (χ4n) is 1.81. The summed E-state index contributed by atoms with van der Waals surface area (Å²) in [7, 11) is 0. The number of rotatable bonds is 1. The van der Waals surface area contributed by atoms with E-state index >= 15 is 0 Å². The molecule has 1 aromatic heterocycles. The Kier molecular flexibility index (Phi) is 3.04. The largest absolute Gasteiger partial charge is 0.487 e. The second-order valence-corrected chi connectivity index (χ2v) is 3.97. The summed E-state index contributed by atoms with van der Waals surface area (Å²) in [5.41, 5.74) is -0.710. The molecule has 0 spiro atoms. The van der Waals surface area contributed by atoms with Crippen LogP contribution in [0.25, 0.3) is 6.08 Å². The molecule has 0 aromatic carbocycles. The van der Waals surface area contributed by atoms with E-state index in [9.17, 15) is 15.0 Å². The number of hydrogen-bond donors (Lipinski definition) is 2. The molecule has 1 aliphatic rings. The minimum Gasteiger partial charge on any atom is -0.487 e. The van der Waals surface area contributed by atoms with E-state index in [4.69, 9.17) is 9.15 Å². The summed E-state index contributed by atoms with van der Waals surface area (Å²) in [6.45, 7) is 3.42. The van der Waals surface area contributed by atoms with Crippen LogP contribution >= 0.6 is 0 Å². The number of hydrogen-bond acceptors (Lipinski definition) is 5. The summed E-state index contributed by atoms with van der Waals surface area (Å²) in [5, 5.41) is 19.4. The molecule has 0 saturated heterocycles. The molecule has 2 rings (SSSR count). The average Bonchev–Trinajstić information content (AvgIpc) is 2.25. The Labute approximate surface area is 98.0 Å². The van der Waals surface area contributed by atoms with Crippen LogP contribution < -0.4 is 10.4 Å². The number of fused-ring (bicyclic) bond motifs is 1. The second kappa shape index (κ2) is 4.35. The van der Waals surface area contributed by atoms with Crippen molar-refractivity contribution >= 4 is 6.08 Å². The van der Waals surface area contributed by atoms with Gasteiger partial charge in [-0.25, -0.2) is 4.79 Å². The van der Waals surface area contributed by atoms with Gasteiger partial charge in [-0.05, 0) is 19.9 Å². The van der Waals surface area contributed by atoms with Crippen molar-refractivity contribution < 1.29 is 19.4 Å². The summed E-state index contributed by atoms with van der Waals surface area (Å²) < 4.78 is 10.4. The normalized spacial score (nSPS) is 27.9. The van der Waals surface area contributed by atoms with Crippen molar-refractivity contribution in [1.29, 1.82) is 0 Å². The second-order valence-electron chi connectivity index (χ2n) is 3.97. The first kappa shape index (κ1) is 11.9. The lowest BCUT2D eigenvalue weighted by molar-refractivity contribution is -0.0636. The predicted molar refractivity (Wildman–Crippen MR) is 60.7 cm³/mol. The molecular formula is C12H14O5. The molecule has 5 nitrogen and oxygen atoms in total. The highest BCUT2D eigenvalue weighted by Gasteiger charge is 2.36. The molecule has 0 fully saturated rings. The van der Waals surface area contributed by atoms with Crippen LogP contribution in [0.1, 0.15) is 31.3 Å². The van der Waals surface area contributed by atoms with E-state index in [2.05, 4.69) is 0 Å². The van der Waals surface area contributed by atoms with E-state index in [-0.39, 0.29) is 11.3 Å². The fourth-order valence-corrected chi connectivity index (χ4v) is 1.81. The zero-order chi connectivity index (χ0) is 12.6. The smallest absolute Gasteiger partial charge is 0.345 e. The van der Waals surface area contributed by atoms with Crippen LogP contribution in [0.2, 0.25) is 0 Å². The van der Waals surface area contributed by atoms with Gasteiger partial charge in [-0.3, -0.25) is 0 Å². The van der Waals surface area contributed by atoms with Crippen molar-refractivity contribution in [3.8, 4) is 5.75 Å². The Hall–Kier alpha value is -1.59. The highest BCUT2D eigenvalue weighted by molar-refractivity contribution is 5.47. The molecule has 1 aromatic rings. The minimum absolute atomic E-state index is 0.0242. The SMILES string of the molecule is C/C=C/c1cc2c(c(=O)o1)[C@@H](O)[C@@H](O)[C@H](C)O2. The lowest BCUT2D eigenvalue weighted by Gasteiger charge is -2.31. The van der Waals surface area contributed by atoms with Gasteiger partial charge in [0.25, 0.3) is 0 Å². The maximum Gasteiger partial charge on any atom is 0.345 e. The van der Waals surface area contributed by atoms with Gasteiger partial charge in [0, 0.05) is 6.07 Å². The standard InChI is InChI=1S/C12H14O5/c1-3-4-7-5-8-9(12(15)17-7)11(14)10(13)6(2)16-8/h3-6,10-11,13-14H,1-2H3/b4-3+/t6-,10-,11+/m0/s1. The molecule has 0 radical (unpaired) electrons. The van der Waals surface area contributed by atoms with Gasteiger partial charge in [0.15, 0.2) is 0 Å². The van der Waals surface area contributed by atoms with Crippen LogP contribution in [0.3, 0.4) is 0 Å². The van der Waals surface area contributed by atoms with Crippen molar-refractivity contribution in [3.63, 3.8) is 0 Å². The highest BCUT2D eigenvalue weighted by atomic mass is 16.5. The van der Waals surface area contributed by atoms with Crippen molar-refractivity contribution in [2.24, 2.45) is 0 Å². The Bertz CT molecular complexity index is 502. The molecule has 2 heterocycles. The first-order chi connectivity index (χ1) is 8.04. The van der Waals surface area contributed by atoms with E-state index in [1.54, 1.807) is 26.0 Å². The van der Waals surface area contributed by atoms with Crippen LogP contribution in [0.4, 0.5) is 0 Å². The molecular weight excluding hydrogens is 224 g/mol. The van der Waals surface area contributed by atoms with Crippen molar-refractivity contribution in [2.75, 3.05) is 0 Å². The van der Waals surface area contributed by atoms with E-state index in [1.165, 1.54) is 6.07 Å². The van der Waals surface area contributed by atoms with Gasteiger partial charge >= 0.3 is 5.63 Å². The van der Waals surface area contributed by atoms with Gasteiger partial charge in [0.1, 0.15) is 35.4 Å². The Balaban J connectivity index is 2.56. The summed E-state index contributed by atoms with van der Waals surface area (Å²) in [4.78, 5) is 11.7. The third-order valence-electron chi connectivity index (χ3n) is 2.71. The molecule has 0 amide bonds. The van der Waals surface area contributed by atoms with Gasteiger partial charge in [-0.2, -0.15) is 0 Å². The molecule has 0 saturated carbocycles. The van der Waals surface area contributed by atoms with Crippen LogP contribution in [-0.4, -0.2) is 22.4 Å². The third-order valence-corrected chi connectivity index (χ3v) is 2.71. The van der Waals surface area contributed by atoms with Crippen LogP contribution in [0, 0.1) is 0 Å². The van der Waals surface area contributed by atoms with Gasteiger partial charge in [-0.15, -0.1) is 0 Å². The molecule has 17 heavy (non-hydrogen) atoms. The molecule has 2 N–H and O–H groups in total. The molecule has 0 aliphatic carbocycles. The van der Waals surface area contributed by atoms with Gasteiger partial charge in [0.05, 0.1) is 0 Å². The maximum atomic E-state index is 11.7. The molecule has 3 atom stereocenters. The predicted octanol–water partition coefficient (Wildman–Crippen LogP) is 0.848. The first-order valence-electron chi connectivity index (χ1n) is 5.38. The third kappa shape index (κ3) is 1.99. The Morgan fingerprint density at radius 3 is 2.76 bits per heavy atom. The van der Waals surface area contributed by atoms with E-state index < -0.39 is 23.9 Å². The summed E-state index contributed by atoms with van der Waals surface area (Å²) in [6.07, 6.45) is 0.371. The van der Waals surface area contributed by atoms with Gasteiger partial charge < -0.3 is 19.4 Å². The molecule has 0 unspecified atom stereocenters. The van der Waals surface area contributed by atoms with Crippen LogP contribution in [0.15, 0.2) is 21.4 Å². The molecule has 92 valence electrons. The van der Waals surface area contributed by atoms with Crippen LogP contribution in [-0.2, 0) is 0 Å². The van der Waals surface area contributed by atoms with Gasteiger partial charge in [-0.1, -0.05) is 6.08 Å². The molecule has 1 aliphatic heterocycles. The van der Waals surface area contributed by atoms with Crippen molar-refractivity contribution in [1.82, 2.24) is 0 Å². The lowest BCUT2D eigenvalue weighted by atomic mass is 9.98. The number of aliphatic hydroxyl groups is 2. The summed E-state index contributed by atoms with van der Waals surface area (Å²) in [6, 6.07) is 1.53. The Morgan fingerprint density at radius 2 is 2.12 bits per heavy atom. The maximum absolute atomic E-state index is 11.7. The zero-order valence-corrected chi connectivity index (χ0v) is 9.58. The van der Waals surface area contributed by atoms with E-state index in [0.29, 0.717) is 5.76 Å². The topological polar surface area (TPSA) is 79.9 Å². The number of ether oxygens (including phenoxy) is 1. The zero-order valence-electron chi connectivity index (χ0n) is 9.58. The molecule has 0 bridgehead atoms. The average molecular weight is 238 g/mol. The minimum atomic E-state index is -1.27. The number of allylic oxidation sites excluding steroid dienone is 1. The highest BCUT2D eigenvalue weighted by Crippen LogP contribution is 2.33. The Morgan fingerprint density at radius 1 is 1.41 bits per heavy atom. The number of aliphatic hydroxyl groups excluding tert-OH is 2. The van der Waals surface area contributed by atoms with Crippen LogP contribution in [0.5, 0.6) is 5.75 Å². The van der Waals surface area contributed by atoms with E-state index in [1.807, 2.05) is 0 Å². The monoisotopic (exact) mass is 238 g/mol. The van der Waals surface area contributed by atoms with Crippen molar-refractivity contribution in [3.05, 3.63) is 33.9 Å². The van der Waals surface area contributed by atoms with E-state index in [0.717, 1.165) is 0 Å². The van der Waals surface area contributed by atoms with Gasteiger partial charge in [0.2, 0.25) is 0 Å². The molecule has 5 heteroatoms. The lowest BCUT2D eigenvalue weighted by Crippen LogP contribution is -2.40. The summed E-state index contributed by atoms with van der Waals surface area (Å²) >= 11 is 0. The summed E-state index contributed by atoms with van der Waals surface area (Å²) in [5.74, 6) is 0.617.